The van der Waals surface area contributed by atoms with E-state index in [2.05, 4.69) is 70.4 Å². The minimum Gasteiger partial charge on any atom is -0.356 e. The molecule has 0 spiro atoms. The zero-order valence-electron chi connectivity index (χ0n) is 16.6. The van der Waals surface area contributed by atoms with Crippen molar-refractivity contribution in [1.29, 1.82) is 0 Å². The molecule has 0 aliphatic carbocycles. The highest BCUT2D eigenvalue weighted by Crippen LogP contribution is 2.10. The lowest BCUT2D eigenvalue weighted by Crippen LogP contribution is -2.39. The summed E-state index contributed by atoms with van der Waals surface area (Å²) < 4.78 is 2.06. The van der Waals surface area contributed by atoms with Gasteiger partial charge in [-0.1, -0.05) is 23.8 Å². The molecule has 5 nitrogen and oxygen atoms in total. The van der Waals surface area contributed by atoms with Crippen LogP contribution in [-0.2, 0) is 13.0 Å². The van der Waals surface area contributed by atoms with Crippen LogP contribution < -0.4 is 10.6 Å². The van der Waals surface area contributed by atoms with Gasteiger partial charge in [0.25, 0.3) is 0 Å². The number of rotatable bonds is 7. The summed E-state index contributed by atoms with van der Waals surface area (Å²) in [4.78, 5) is 4.29. The molecule has 0 aliphatic rings. The molecule has 0 bridgehead atoms. The summed E-state index contributed by atoms with van der Waals surface area (Å²) in [5.74, 6) is 0.859. The summed E-state index contributed by atoms with van der Waals surface area (Å²) in [5.41, 5.74) is 6.35. The summed E-state index contributed by atoms with van der Waals surface area (Å²) in [6.45, 7) is 11.1. The summed E-state index contributed by atoms with van der Waals surface area (Å²) in [7, 11) is 1.81. The zero-order chi connectivity index (χ0) is 18.2. The van der Waals surface area contributed by atoms with Gasteiger partial charge in [0.2, 0.25) is 0 Å². The monoisotopic (exact) mass is 469 g/mol. The Morgan fingerprint density at radius 1 is 1.08 bits per heavy atom. The van der Waals surface area contributed by atoms with Gasteiger partial charge in [0.05, 0.1) is 5.69 Å². The molecule has 0 amide bonds. The van der Waals surface area contributed by atoms with Gasteiger partial charge in [-0.2, -0.15) is 5.10 Å². The first-order valence-corrected chi connectivity index (χ1v) is 9.01. The van der Waals surface area contributed by atoms with Crippen molar-refractivity contribution in [3.8, 4) is 0 Å². The van der Waals surface area contributed by atoms with Crippen molar-refractivity contribution in [1.82, 2.24) is 20.4 Å². The number of hydrogen-bond donors (Lipinski definition) is 2. The molecular weight excluding hydrogens is 437 g/mol. The number of halogens is 1. The summed E-state index contributed by atoms with van der Waals surface area (Å²) >= 11 is 0. The molecule has 0 aliphatic heterocycles. The van der Waals surface area contributed by atoms with Gasteiger partial charge in [0.1, 0.15) is 0 Å². The number of benzene rings is 1. The molecule has 0 unspecified atom stereocenters. The third kappa shape index (κ3) is 6.97. The molecule has 2 rings (SSSR count). The minimum absolute atomic E-state index is 0. The van der Waals surface area contributed by atoms with Crippen LogP contribution in [0.25, 0.3) is 0 Å². The Morgan fingerprint density at radius 2 is 1.81 bits per heavy atom. The molecule has 2 N–H and O–H groups in total. The van der Waals surface area contributed by atoms with E-state index in [1.807, 2.05) is 14.0 Å². The van der Waals surface area contributed by atoms with Crippen LogP contribution in [0.3, 0.4) is 0 Å². The van der Waals surface area contributed by atoms with Gasteiger partial charge in [0, 0.05) is 32.4 Å². The fourth-order valence-electron chi connectivity index (χ4n) is 3.00. The van der Waals surface area contributed by atoms with E-state index in [0.717, 1.165) is 44.1 Å². The lowest BCUT2D eigenvalue weighted by Gasteiger charge is -2.13. The molecule has 6 heteroatoms. The first-order chi connectivity index (χ1) is 12.0. The quantitative estimate of drug-likeness (QED) is 0.282. The molecule has 0 saturated carbocycles. The second kappa shape index (κ2) is 11.2. The highest BCUT2D eigenvalue weighted by Gasteiger charge is 2.02. The minimum atomic E-state index is 0. The number of nitrogens with zero attached hydrogens (tertiary/aromatic N) is 3. The predicted octanol–water partition coefficient (Wildman–Crippen LogP) is 3.53. The Labute approximate surface area is 174 Å². The Balaban J connectivity index is 0.00000338. The largest absolute Gasteiger partial charge is 0.356 e. The number of nitrogens with one attached hydrogen (secondary N) is 2. The fraction of sp³-hybridized carbons (Fsp3) is 0.500. The van der Waals surface area contributed by atoms with Crippen LogP contribution in [-0.4, -0.2) is 35.9 Å². The van der Waals surface area contributed by atoms with E-state index in [1.54, 1.807) is 0 Å². The Bertz CT molecular complexity index is 721. The number of hydrogen-bond acceptors (Lipinski definition) is 2. The van der Waals surface area contributed by atoms with E-state index >= 15 is 0 Å². The van der Waals surface area contributed by atoms with Crippen LogP contribution in [0.1, 0.15) is 34.5 Å². The molecule has 0 saturated heterocycles. The van der Waals surface area contributed by atoms with E-state index in [0.29, 0.717) is 0 Å². The zero-order valence-corrected chi connectivity index (χ0v) is 18.9. The third-order valence-electron chi connectivity index (χ3n) is 4.35. The molecule has 2 aromatic rings. The number of aromatic nitrogens is 2. The molecular formula is C20H32IN5. The second-order valence-corrected chi connectivity index (χ2v) is 6.61. The van der Waals surface area contributed by atoms with Gasteiger partial charge in [-0.05, 0) is 57.7 Å². The highest BCUT2D eigenvalue weighted by molar-refractivity contribution is 14.0. The van der Waals surface area contributed by atoms with Gasteiger partial charge in [-0.3, -0.25) is 9.67 Å². The van der Waals surface area contributed by atoms with Crippen LogP contribution in [0.2, 0.25) is 0 Å². The first-order valence-electron chi connectivity index (χ1n) is 9.01. The molecule has 26 heavy (non-hydrogen) atoms. The van der Waals surface area contributed by atoms with Gasteiger partial charge < -0.3 is 10.6 Å². The molecule has 144 valence electrons. The average Bonchev–Trinajstić information content (AvgIpc) is 2.89. The number of aliphatic imine (C=N–C) groups is 1. The number of guanidine groups is 1. The maximum absolute atomic E-state index is 4.49. The van der Waals surface area contributed by atoms with E-state index in [4.69, 9.17) is 0 Å². The SMILES string of the molecule is CN=C(NCCCn1nc(C)cc1C)NCCc1ccc(C)cc1C.I. The summed E-state index contributed by atoms with van der Waals surface area (Å²) in [6.07, 6.45) is 2.01. The van der Waals surface area contributed by atoms with Crippen LogP contribution in [0.15, 0.2) is 29.3 Å². The van der Waals surface area contributed by atoms with Gasteiger partial charge in [-0.15, -0.1) is 24.0 Å². The number of aryl methyl sites for hydroxylation is 5. The third-order valence-corrected chi connectivity index (χ3v) is 4.35. The smallest absolute Gasteiger partial charge is 0.190 e. The summed E-state index contributed by atoms with van der Waals surface area (Å²) in [5, 5.41) is 11.3. The Hall–Kier alpha value is -1.57. The lowest BCUT2D eigenvalue weighted by molar-refractivity contribution is 0.555. The normalized spacial score (nSPS) is 11.2. The van der Waals surface area contributed by atoms with E-state index < -0.39 is 0 Å². The summed E-state index contributed by atoms with van der Waals surface area (Å²) in [6, 6.07) is 8.74. The van der Waals surface area contributed by atoms with E-state index in [-0.39, 0.29) is 24.0 Å². The van der Waals surface area contributed by atoms with Crippen molar-refractivity contribution in [3.63, 3.8) is 0 Å². The topological polar surface area (TPSA) is 54.2 Å². The van der Waals surface area contributed by atoms with Crippen molar-refractivity contribution < 1.29 is 0 Å². The maximum Gasteiger partial charge on any atom is 0.190 e. The average molecular weight is 469 g/mol. The van der Waals surface area contributed by atoms with Gasteiger partial charge in [0.15, 0.2) is 5.96 Å². The van der Waals surface area contributed by atoms with Crippen LogP contribution >= 0.6 is 24.0 Å². The highest BCUT2D eigenvalue weighted by atomic mass is 127. The standard InChI is InChI=1S/C20H31N5.HI/c1-15-7-8-19(16(2)13-15)9-11-23-20(21-5)22-10-6-12-25-18(4)14-17(3)24-25;/h7-8,13-14H,6,9-12H2,1-5H3,(H2,21,22,23);1H. The van der Waals surface area contributed by atoms with E-state index in [9.17, 15) is 0 Å². The van der Waals surface area contributed by atoms with Crippen LogP contribution in [0.4, 0.5) is 0 Å². The second-order valence-electron chi connectivity index (χ2n) is 6.61. The van der Waals surface area contributed by atoms with E-state index in [1.165, 1.54) is 22.4 Å². The van der Waals surface area contributed by atoms with Crippen molar-refractivity contribution in [2.75, 3.05) is 20.1 Å². The van der Waals surface area contributed by atoms with Crippen molar-refractivity contribution in [3.05, 3.63) is 52.3 Å². The maximum atomic E-state index is 4.49. The van der Waals surface area contributed by atoms with Crippen LogP contribution in [0.5, 0.6) is 0 Å². The first kappa shape index (κ1) is 22.5. The molecule has 0 radical (unpaired) electrons. The fourth-order valence-corrected chi connectivity index (χ4v) is 3.00. The van der Waals surface area contributed by atoms with Gasteiger partial charge in [-0.25, -0.2) is 0 Å². The van der Waals surface area contributed by atoms with Crippen LogP contribution in [0, 0.1) is 27.7 Å². The lowest BCUT2D eigenvalue weighted by atomic mass is 10.0. The van der Waals surface area contributed by atoms with Crippen molar-refractivity contribution in [2.24, 2.45) is 4.99 Å². The molecule has 1 aromatic carbocycles. The molecule has 1 aromatic heterocycles. The molecule has 1 heterocycles. The van der Waals surface area contributed by atoms with Crippen molar-refractivity contribution in [2.45, 2.75) is 47.1 Å². The predicted molar refractivity (Wildman–Crippen MR) is 121 cm³/mol. The Kier molecular flexibility index (Phi) is 9.69. The molecule has 0 atom stereocenters. The Morgan fingerprint density at radius 3 is 2.42 bits per heavy atom. The van der Waals surface area contributed by atoms with Crippen molar-refractivity contribution >= 4 is 29.9 Å². The molecule has 0 fully saturated rings. The van der Waals surface area contributed by atoms with Gasteiger partial charge >= 0.3 is 0 Å².